The van der Waals surface area contributed by atoms with E-state index in [0.29, 0.717) is 5.06 Å². The van der Waals surface area contributed by atoms with Crippen LogP contribution in [-0.4, -0.2) is 263 Å². The van der Waals surface area contributed by atoms with Crippen LogP contribution >= 0.6 is 0 Å². The van der Waals surface area contributed by atoms with Gasteiger partial charge in [-0.3, -0.25) is 62.7 Å². The molecule has 1 fully saturated rings. The van der Waals surface area contributed by atoms with Crippen molar-refractivity contribution in [2.24, 2.45) is 35.5 Å². The van der Waals surface area contributed by atoms with Crippen LogP contribution in [0.2, 0.25) is 0 Å². The van der Waals surface area contributed by atoms with Crippen LogP contribution in [0.15, 0.2) is 12.2 Å². The topological polar surface area (TPSA) is 329 Å². The third kappa shape index (κ3) is 23.7. The van der Waals surface area contributed by atoms with Crippen molar-refractivity contribution in [2.45, 2.75) is 228 Å². The van der Waals surface area contributed by atoms with E-state index in [9.17, 15) is 58.3 Å². The molecule has 0 saturated carbocycles. The molecule has 0 spiro atoms. The molecule has 0 aromatic carbocycles. The van der Waals surface area contributed by atoms with Crippen LogP contribution in [0, 0.1) is 35.5 Å². The molecule has 12 amide bonds. The number of amides is 12. The summed E-state index contributed by atoms with van der Waals surface area (Å²) in [6.45, 7) is 26.4. The summed E-state index contributed by atoms with van der Waals surface area (Å²) in [5.74, 6) is -11.3. The largest absolute Gasteiger partial charge is 0.390 e. The first-order valence-corrected chi connectivity index (χ1v) is 32.5. The van der Waals surface area contributed by atoms with E-state index < -0.39 is 168 Å². The van der Waals surface area contributed by atoms with Crippen LogP contribution in [0.5, 0.6) is 0 Å². The molecule has 1 saturated heterocycles. The summed E-state index contributed by atoms with van der Waals surface area (Å²) in [6.07, 6.45) is 1.41. The molecule has 1 aliphatic heterocycles. The van der Waals surface area contributed by atoms with Gasteiger partial charge in [-0.1, -0.05) is 95.2 Å². The number of nitrogens with zero attached hydrogens (tertiary/aromatic N) is 8. The highest BCUT2D eigenvalue weighted by molar-refractivity contribution is 5.99. The van der Waals surface area contributed by atoms with Crippen LogP contribution < -0.4 is 21.3 Å². The summed E-state index contributed by atoms with van der Waals surface area (Å²) in [7, 11) is 10.8. The van der Waals surface area contributed by atoms with Gasteiger partial charge in [0.15, 0.2) is 0 Å². The Kier molecular flexibility index (Phi) is 34.8. The van der Waals surface area contributed by atoms with Gasteiger partial charge < -0.3 is 65.4 Å². The van der Waals surface area contributed by atoms with E-state index in [-0.39, 0.29) is 69.3 Å². The number of hydroxylamine groups is 2. The van der Waals surface area contributed by atoms with E-state index in [0.717, 1.165) is 14.7 Å². The number of ether oxygens (including phenoxy) is 1. The number of nitrogens with one attached hydrogen (secondary N) is 4. The maximum Gasteiger partial charge on any atom is 0.246 e. The van der Waals surface area contributed by atoms with Gasteiger partial charge in [0.25, 0.3) is 0 Å². The maximum atomic E-state index is 15.2. The molecule has 13 atom stereocenters. The molecular formula is C65H116N12O15. The van der Waals surface area contributed by atoms with E-state index in [2.05, 4.69) is 21.3 Å². The third-order valence-electron chi connectivity index (χ3n) is 17.0. The molecule has 526 valence electrons. The minimum absolute atomic E-state index is 0.0405. The molecule has 27 nitrogen and oxygen atoms in total. The molecule has 0 bridgehead atoms. The second-order valence-electron chi connectivity index (χ2n) is 27.0. The normalized spacial score (nSPS) is 26.0. The molecule has 1 rings (SSSR count). The maximum absolute atomic E-state index is 15.2. The van der Waals surface area contributed by atoms with Crippen LogP contribution in [0.25, 0.3) is 0 Å². The second kappa shape index (κ2) is 38.4. The summed E-state index contributed by atoms with van der Waals surface area (Å²) in [5, 5.41) is 33.0. The standard InChI is InChI=1S/C65H116N12O15/c1-25-27-29-41(13)55(80)54-59(84)68-45(26-2)61(86)70(17)35-50(79)74(21)53(44(16)92-31-28-30-49(78)77(24)91)58(83)69-51(39(9)10)64(89)71(18)46(32-36(3)4)57(82)66-42(14)56(81)67-43(15)60(85)72(19)47(33-37(5)6)62(87)73(20)48(34-38(7)8)63(88)75(22)52(40(11)12)65(90)76(54)23/h25,27,36-48,51-55,80,91H,26,28-35H2,1-24H3,(H,66,82)(H,67,81)(H,68,84)(H,69,83)/b27-25+/t41-,42+,43-,44-,45+,46+,47+,48+,51+,52+,53+,54+,55-/m1/s1. The van der Waals surface area contributed by atoms with Gasteiger partial charge in [-0.2, -0.15) is 0 Å². The van der Waals surface area contributed by atoms with Gasteiger partial charge in [0.1, 0.15) is 60.4 Å². The first kappa shape index (κ1) is 83.3. The van der Waals surface area contributed by atoms with Crippen molar-refractivity contribution in [3.63, 3.8) is 0 Å². The Morgan fingerprint density at radius 3 is 1.51 bits per heavy atom. The Labute approximate surface area is 547 Å². The van der Waals surface area contributed by atoms with Crippen molar-refractivity contribution >= 4 is 70.9 Å². The molecule has 27 heteroatoms. The number of carbonyl (C=O) groups excluding carboxylic acids is 12. The first-order valence-electron chi connectivity index (χ1n) is 32.5. The average Bonchev–Trinajstić information content (AvgIpc) is 0.841. The summed E-state index contributed by atoms with van der Waals surface area (Å²) in [4.78, 5) is 182. The van der Waals surface area contributed by atoms with Gasteiger partial charge in [-0.15, -0.1) is 0 Å². The summed E-state index contributed by atoms with van der Waals surface area (Å²) >= 11 is 0. The van der Waals surface area contributed by atoms with Crippen LogP contribution in [0.1, 0.15) is 156 Å². The van der Waals surface area contributed by atoms with Gasteiger partial charge in [0.05, 0.1) is 18.8 Å². The zero-order valence-corrected chi connectivity index (χ0v) is 59.7. The van der Waals surface area contributed by atoms with Gasteiger partial charge in [-0.25, -0.2) is 5.06 Å². The van der Waals surface area contributed by atoms with Gasteiger partial charge in [-0.05, 0) is 102 Å². The number of hydrogen-bond acceptors (Lipinski definition) is 15. The van der Waals surface area contributed by atoms with Crippen molar-refractivity contribution in [2.75, 3.05) is 69.5 Å². The molecule has 0 unspecified atom stereocenters. The third-order valence-corrected chi connectivity index (χ3v) is 17.0. The highest BCUT2D eigenvalue weighted by Gasteiger charge is 2.46. The number of rotatable bonds is 19. The van der Waals surface area contributed by atoms with Crippen molar-refractivity contribution in [3.8, 4) is 0 Å². The number of aliphatic hydroxyl groups excluding tert-OH is 1. The first-order chi connectivity index (χ1) is 42.5. The zero-order valence-electron chi connectivity index (χ0n) is 59.7. The smallest absolute Gasteiger partial charge is 0.246 e. The lowest BCUT2D eigenvalue weighted by Crippen LogP contribution is -2.63. The Bertz CT molecular complexity index is 2540. The molecule has 0 aromatic heterocycles. The number of aliphatic hydroxyl groups is 1. The molecular weight excluding hydrogens is 1190 g/mol. The minimum Gasteiger partial charge on any atom is -0.390 e. The van der Waals surface area contributed by atoms with Crippen molar-refractivity contribution in [1.82, 2.24) is 60.6 Å². The average molecular weight is 1310 g/mol. The number of likely N-dealkylation sites (N-methyl/N-ethyl adjacent to an activating group) is 7. The lowest BCUT2D eigenvalue weighted by atomic mass is 9.91. The lowest BCUT2D eigenvalue weighted by molar-refractivity contribution is -0.160. The van der Waals surface area contributed by atoms with Crippen LogP contribution in [0.3, 0.4) is 0 Å². The molecule has 92 heavy (non-hydrogen) atoms. The molecule has 0 aromatic rings. The zero-order chi connectivity index (χ0) is 71.3. The Morgan fingerprint density at radius 2 is 1.03 bits per heavy atom. The minimum atomic E-state index is -1.66. The quantitative estimate of drug-likeness (QED) is 0.0468. The van der Waals surface area contributed by atoms with E-state index in [1.807, 2.05) is 41.5 Å². The Hall–Kier alpha value is -6.74. The van der Waals surface area contributed by atoms with Crippen LogP contribution in [-0.2, 0) is 62.3 Å². The van der Waals surface area contributed by atoms with E-state index in [4.69, 9.17) is 4.74 Å². The van der Waals surface area contributed by atoms with Crippen molar-refractivity contribution < 1.29 is 72.6 Å². The van der Waals surface area contributed by atoms with Gasteiger partial charge in [0, 0.05) is 69.4 Å². The highest BCUT2D eigenvalue weighted by atomic mass is 16.5. The van der Waals surface area contributed by atoms with E-state index >= 15 is 9.59 Å². The fourth-order valence-electron chi connectivity index (χ4n) is 11.2. The second-order valence-corrected chi connectivity index (χ2v) is 27.0. The van der Waals surface area contributed by atoms with Crippen LogP contribution in [0.4, 0.5) is 0 Å². The lowest BCUT2D eigenvalue weighted by Gasteiger charge is -2.41. The summed E-state index contributed by atoms with van der Waals surface area (Å²) in [5.41, 5.74) is 0. The fraction of sp³-hybridized carbons (Fsp3) is 0.785. The highest BCUT2D eigenvalue weighted by Crippen LogP contribution is 2.26. The van der Waals surface area contributed by atoms with Crippen molar-refractivity contribution in [3.05, 3.63) is 12.2 Å². The molecule has 6 N–H and O–H groups in total. The Balaban J connectivity index is 4.40. The van der Waals surface area contributed by atoms with E-state index in [1.165, 1.54) is 96.8 Å². The SMILES string of the molecule is C/C=C/C[C@@H](C)[C@@H](O)[C@H]1C(=O)N[C@@H](CC)C(=O)N(C)CC(=O)N(C)[C@@H]([C@@H](C)OCCCC(=O)N(C)O)C(=O)N[C@@H](C(C)C)C(=O)N(C)[C@@H](CC(C)C)C(=O)N[C@@H](C)C(=O)N[C@H](C)C(=O)N(C)[C@@H](CC(C)C)C(=O)N(C)[C@@H](CC(C)C)C(=O)N(C)[C@@H](C(C)C)C(=O)N1C. The summed E-state index contributed by atoms with van der Waals surface area (Å²) < 4.78 is 6.05. The number of hydrogen-bond donors (Lipinski definition) is 6. The van der Waals surface area contributed by atoms with Gasteiger partial charge >= 0.3 is 0 Å². The monoisotopic (exact) mass is 1300 g/mol. The molecule has 0 aliphatic carbocycles. The molecule has 1 aliphatic rings. The predicted molar refractivity (Wildman–Crippen MR) is 348 cm³/mol. The Morgan fingerprint density at radius 1 is 0.565 bits per heavy atom. The van der Waals surface area contributed by atoms with Gasteiger partial charge in [0.2, 0.25) is 70.9 Å². The van der Waals surface area contributed by atoms with E-state index in [1.54, 1.807) is 60.6 Å². The summed E-state index contributed by atoms with van der Waals surface area (Å²) in [6, 6.07) is -13.3. The number of carbonyl (C=O) groups is 12. The molecule has 0 radical (unpaired) electrons. The predicted octanol–water partition coefficient (Wildman–Crippen LogP) is 2.26. The fourth-order valence-corrected chi connectivity index (χ4v) is 11.2. The van der Waals surface area contributed by atoms with Crippen molar-refractivity contribution in [1.29, 1.82) is 0 Å². The number of allylic oxidation sites excluding steroid dienone is 2. The molecule has 1 heterocycles.